The van der Waals surface area contributed by atoms with Crippen LogP contribution in [-0.4, -0.2) is 23.0 Å². The largest absolute Gasteiger partial charge is 0.449 e. The van der Waals surface area contributed by atoms with Crippen LogP contribution >= 0.6 is 23.2 Å². The van der Waals surface area contributed by atoms with Crippen LogP contribution in [0.1, 0.15) is 22.8 Å². The Morgan fingerprint density at radius 3 is 2.50 bits per heavy atom. The molecule has 1 N–H and O–H groups in total. The lowest BCUT2D eigenvalue weighted by Gasteiger charge is -2.17. The topological polar surface area (TPSA) is 68.3 Å². The summed E-state index contributed by atoms with van der Waals surface area (Å²) >= 11 is 11.4. The van der Waals surface area contributed by atoms with Crippen LogP contribution in [0.15, 0.2) is 48.5 Å². The normalized spacial score (nSPS) is 12.5. The lowest BCUT2D eigenvalue weighted by atomic mass is 10.1. The first-order valence-electron chi connectivity index (χ1n) is 8.49. The number of ether oxygens (including phenoxy) is 1. The van der Waals surface area contributed by atoms with Crippen molar-refractivity contribution < 1.29 is 27.5 Å². The van der Waals surface area contributed by atoms with E-state index < -0.39 is 35.4 Å². The molecule has 0 radical (unpaired) electrons. The quantitative estimate of drug-likeness (QED) is 0.401. The lowest BCUT2D eigenvalue weighted by molar-refractivity contribution is -0.137. The van der Waals surface area contributed by atoms with E-state index in [4.69, 9.17) is 27.9 Å². The number of pyridine rings is 1. The number of hydrogen-bond acceptors (Lipinski definition) is 4. The Balaban J connectivity index is 1.73. The van der Waals surface area contributed by atoms with Crippen LogP contribution < -0.4 is 5.32 Å². The van der Waals surface area contributed by atoms with Crippen molar-refractivity contribution in [3.05, 3.63) is 69.8 Å². The molecule has 1 atom stereocenters. The molecule has 0 spiro atoms. The molecule has 3 rings (SSSR count). The second-order valence-corrected chi connectivity index (χ2v) is 7.09. The third-order valence-corrected chi connectivity index (χ3v) is 4.53. The number of halogens is 5. The fraction of sp³-hybridized carbons (Fsp3) is 0.150. The number of hydrogen-bond donors (Lipinski definition) is 1. The number of esters is 1. The highest BCUT2D eigenvalue weighted by molar-refractivity contribution is 6.30. The van der Waals surface area contributed by atoms with Gasteiger partial charge in [-0.05, 0) is 55.5 Å². The molecular weight excluding hydrogens is 444 g/mol. The van der Waals surface area contributed by atoms with Gasteiger partial charge in [-0.2, -0.15) is 13.2 Å². The summed E-state index contributed by atoms with van der Waals surface area (Å²) in [5.74, 6) is -1.74. The number of carbonyl (C=O) groups is 2. The van der Waals surface area contributed by atoms with E-state index in [2.05, 4.69) is 10.3 Å². The van der Waals surface area contributed by atoms with Crippen molar-refractivity contribution in [2.45, 2.75) is 19.2 Å². The molecule has 0 saturated heterocycles. The van der Waals surface area contributed by atoms with Gasteiger partial charge in [-0.1, -0.05) is 23.2 Å². The van der Waals surface area contributed by atoms with Crippen molar-refractivity contribution in [1.82, 2.24) is 4.98 Å². The van der Waals surface area contributed by atoms with Crippen LogP contribution in [0.4, 0.5) is 18.9 Å². The third-order valence-electron chi connectivity index (χ3n) is 4.09. The van der Waals surface area contributed by atoms with Gasteiger partial charge in [0.1, 0.15) is 5.15 Å². The average molecular weight is 457 g/mol. The number of amides is 1. The molecule has 156 valence electrons. The predicted octanol–water partition coefficient (Wildman–Crippen LogP) is 5.74. The molecule has 5 nitrogen and oxygen atoms in total. The SMILES string of the molecule is CC(OC(=O)c1ccc2nc(Cl)ccc2c1)C(=O)Nc1ccc(Cl)cc1C(F)(F)F. The fourth-order valence-corrected chi connectivity index (χ4v) is 2.93. The Labute approximate surface area is 178 Å². The van der Waals surface area contributed by atoms with E-state index >= 15 is 0 Å². The van der Waals surface area contributed by atoms with Crippen molar-refractivity contribution in [3.8, 4) is 0 Å². The van der Waals surface area contributed by atoms with Crippen molar-refractivity contribution in [2.24, 2.45) is 0 Å². The van der Waals surface area contributed by atoms with E-state index in [-0.39, 0.29) is 10.6 Å². The number of anilines is 1. The summed E-state index contributed by atoms with van der Waals surface area (Å²) in [4.78, 5) is 28.7. The minimum Gasteiger partial charge on any atom is -0.449 e. The van der Waals surface area contributed by atoms with Crippen LogP contribution in [0.5, 0.6) is 0 Å². The highest BCUT2D eigenvalue weighted by Crippen LogP contribution is 2.36. The van der Waals surface area contributed by atoms with Gasteiger partial charge in [-0.3, -0.25) is 4.79 Å². The standard InChI is InChI=1S/C20H13Cl2F3N2O3/c1-10(18(28)27-16-6-4-13(21)9-14(16)20(23,24)25)30-19(29)12-2-5-15-11(8-12)3-7-17(22)26-15/h2-10H,1H3,(H,27,28). The minimum atomic E-state index is -4.73. The van der Waals surface area contributed by atoms with Crippen LogP contribution in [0, 0.1) is 0 Å². The summed E-state index contributed by atoms with van der Waals surface area (Å²) in [6, 6.07) is 10.7. The molecule has 0 saturated carbocycles. The van der Waals surface area contributed by atoms with Gasteiger partial charge in [0.25, 0.3) is 5.91 Å². The molecule has 0 aliphatic heterocycles. The first-order valence-corrected chi connectivity index (χ1v) is 9.25. The van der Waals surface area contributed by atoms with E-state index in [0.29, 0.717) is 22.1 Å². The molecule has 0 aliphatic carbocycles. The Kier molecular flexibility index (Phi) is 6.19. The summed E-state index contributed by atoms with van der Waals surface area (Å²) in [7, 11) is 0. The van der Waals surface area contributed by atoms with Gasteiger partial charge in [0.15, 0.2) is 6.10 Å². The second kappa shape index (κ2) is 8.49. The maximum atomic E-state index is 13.2. The molecule has 10 heteroatoms. The molecule has 0 fully saturated rings. The van der Waals surface area contributed by atoms with Crippen molar-refractivity contribution in [3.63, 3.8) is 0 Å². The smallest absolute Gasteiger partial charge is 0.418 e. The van der Waals surface area contributed by atoms with Crippen LogP contribution in [0.3, 0.4) is 0 Å². The Morgan fingerprint density at radius 2 is 1.80 bits per heavy atom. The fourth-order valence-electron chi connectivity index (χ4n) is 2.60. The molecule has 1 unspecified atom stereocenters. The first-order chi connectivity index (χ1) is 14.0. The van der Waals surface area contributed by atoms with Gasteiger partial charge in [0.2, 0.25) is 0 Å². The average Bonchev–Trinajstić information content (AvgIpc) is 2.67. The van der Waals surface area contributed by atoms with Gasteiger partial charge in [-0.25, -0.2) is 9.78 Å². The molecule has 2 aromatic carbocycles. The summed E-state index contributed by atoms with van der Waals surface area (Å²) < 4.78 is 44.6. The zero-order chi connectivity index (χ0) is 22.1. The van der Waals surface area contributed by atoms with E-state index in [9.17, 15) is 22.8 Å². The zero-order valence-electron chi connectivity index (χ0n) is 15.3. The molecule has 3 aromatic rings. The molecular formula is C20H13Cl2F3N2O3. The zero-order valence-corrected chi connectivity index (χ0v) is 16.8. The van der Waals surface area contributed by atoms with Gasteiger partial charge < -0.3 is 10.1 Å². The lowest BCUT2D eigenvalue weighted by Crippen LogP contribution is -2.30. The molecule has 30 heavy (non-hydrogen) atoms. The Hall–Kier alpha value is -2.84. The maximum Gasteiger partial charge on any atom is 0.418 e. The molecule has 1 heterocycles. The Morgan fingerprint density at radius 1 is 1.07 bits per heavy atom. The number of carbonyl (C=O) groups excluding carboxylic acids is 2. The first kappa shape index (κ1) is 21.9. The second-order valence-electron chi connectivity index (χ2n) is 6.27. The molecule has 0 bridgehead atoms. The highest BCUT2D eigenvalue weighted by Gasteiger charge is 2.34. The monoisotopic (exact) mass is 456 g/mol. The maximum absolute atomic E-state index is 13.2. The van der Waals surface area contributed by atoms with E-state index in [0.717, 1.165) is 6.07 Å². The summed E-state index contributed by atoms with van der Waals surface area (Å²) in [6.07, 6.45) is -6.08. The van der Waals surface area contributed by atoms with Gasteiger partial charge >= 0.3 is 12.1 Å². The molecule has 1 amide bonds. The minimum absolute atomic E-state index is 0.133. The Bertz CT molecular complexity index is 1140. The van der Waals surface area contributed by atoms with E-state index in [1.54, 1.807) is 18.2 Å². The van der Waals surface area contributed by atoms with Crippen molar-refractivity contribution in [1.29, 1.82) is 0 Å². The predicted molar refractivity (Wildman–Crippen MR) is 107 cm³/mol. The highest BCUT2D eigenvalue weighted by atomic mass is 35.5. The van der Waals surface area contributed by atoms with Crippen LogP contribution in [0.25, 0.3) is 10.9 Å². The van der Waals surface area contributed by atoms with Crippen LogP contribution in [0.2, 0.25) is 10.2 Å². The number of alkyl halides is 3. The van der Waals surface area contributed by atoms with Crippen LogP contribution in [-0.2, 0) is 15.7 Å². The summed E-state index contributed by atoms with van der Waals surface area (Å²) in [6.45, 7) is 1.25. The number of benzene rings is 2. The van der Waals surface area contributed by atoms with Gasteiger partial charge in [0, 0.05) is 10.4 Å². The number of rotatable bonds is 4. The van der Waals surface area contributed by atoms with Gasteiger partial charge in [-0.15, -0.1) is 0 Å². The molecule has 0 aliphatic rings. The van der Waals surface area contributed by atoms with E-state index in [1.165, 1.54) is 25.1 Å². The number of nitrogens with one attached hydrogen (secondary N) is 1. The van der Waals surface area contributed by atoms with Crippen molar-refractivity contribution in [2.75, 3.05) is 5.32 Å². The van der Waals surface area contributed by atoms with E-state index in [1.807, 2.05) is 0 Å². The van der Waals surface area contributed by atoms with Gasteiger partial charge in [0.05, 0.1) is 22.3 Å². The number of nitrogens with zero attached hydrogens (tertiary/aromatic N) is 1. The number of aromatic nitrogens is 1. The summed E-state index contributed by atoms with van der Waals surface area (Å²) in [5, 5.41) is 2.91. The summed E-state index contributed by atoms with van der Waals surface area (Å²) in [5.41, 5.74) is -0.892. The number of fused-ring (bicyclic) bond motifs is 1. The van der Waals surface area contributed by atoms with Crippen molar-refractivity contribution >= 4 is 51.7 Å². The third kappa shape index (κ3) is 5.01. The molecule has 1 aromatic heterocycles.